The van der Waals surface area contributed by atoms with Crippen LogP contribution in [0.2, 0.25) is 0 Å². The number of nitrogens with zero attached hydrogens (tertiary/aromatic N) is 2. The summed E-state index contributed by atoms with van der Waals surface area (Å²) in [5, 5.41) is 34.5. The van der Waals surface area contributed by atoms with Crippen LogP contribution in [0.4, 0.5) is 0 Å². The Balaban J connectivity index is -0.000000602. The van der Waals surface area contributed by atoms with Crippen molar-refractivity contribution in [1.29, 1.82) is 0 Å². The number of carboxylic acid groups (broad SMARTS) is 4. The first-order valence-electron chi connectivity index (χ1n) is 5.52. The van der Waals surface area contributed by atoms with Crippen molar-refractivity contribution < 1.29 is 98.7 Å². The van der Waals surface area contributed by atoms with Crippen LogP contribution in [0.1, 0.15) is 0 Å². The average Bonchev–Trinajstić information content (AvgIpc) is 2.22. The Morgan fingerprint density at radius 1 is 0.565 bits per heavy atom. The van der Waals surface area contributed by atoms with Gasteiger partial charge in [0, 0.05) is 13.1 Å². The summed E-state index contributed by atoms with van der Waals surface area (Å²) in [7, 11) is 0. The fraction of sp³-hybridized carbons (Fsp3) is 0.600. The van der Waals surface area contributed by atoms with Crippen LogP contribution in [0.5, 0.6) is 0 Å². The summed E-state index contributed by atoms with van der Waals surface area (Å²) in [4.78, 5) is 44.4. The smallest absolute Gasteiger partial charge is 0.480 e. The van der Waals surface area contributed by atoms with Crippen LogP contribution in [0.3, 0.4) is 0 Å². The minimum Gasteiger partial charge on any atom is -0.480 e. The number of hydrogen-bond donors (Lipinski definition) is 4. The third-order valence-corrected chi connectivity index (χ3v) is 2.17. The average molecular weight is 378 g/mol. The zero-order valence-electron chi connectivity index (χ0n) is 13.3. The molecule has 0 unspecified atom stereocenters. The molecule has 114 valence electrons. The molecule has 0 atom stereocenters. The summed E-state index contributed by atoms with van der Waals surface area (Å²) in [6.45, 7) is -2.25. The van der Waals surface area contributed by atoms with Crippen molar-refractivity contribution in [3.63, 3.8) is 0 Å². The zero-order chi connectivity index (χ0) is 15.7. The van der Waals surface area contributed by atoms with Crippen LogP contribution >= 0.6 is 0 Å². The predicted molar refractivity (Wildman–Crippen MR) is 69.2 cm³/mol. The molecule has 0 aromatic rings. The Hall–Kier alpha value is 1.06. The van der Waals surface area contributed by atoms with Crippen molar-refractivity contribution in [3.05, 3.63) is 0 Å². The van der Waals surface area contributed by atoms with Gasteiger partial charge in [0.1, 0.15) is 0 Å². The van der Waals surface area contributed by atoms with Crippen LogP contribution < -0.4 is 59.1 Å². The number of carboxylic acids is 4. The third-order valence-electron chi connectivity index (χ3n) is 2.17. The first kappa shape index (κ1) is 31.8. The molecule has 0 spiro atoms. The van der Waals surface area contributed by atoms with Gasteiger partial charge in [-0.25, -0.2) is 0 Å². The van der Waals surface area contributed by atoms with E-state index in [1.807, 2.05) is 0 Å². The van der Waals surface area contributed by atoms with Gasteiger partial charge in [-0.3, -0.25) is 29.0 Å². The summed E-state index contributed by atoms with van der Waals surface area (Å²) >= 11 is 0. The van der Waals surface area contributed by atoms with Gasteiger partial charge >= 0.3 is 121 Å². The van der Waals surface area contributed by atoms with E-state index in [0.717, 1.165) is 9.80 Å². The van der Waals surface area contributed by atoms with E-state index < -0.39 is 50.1 Å². The summed E-state index contributed by atoms with van der Waals surface area (Å²) < 4.78 is 0. The fourth-order valence-corrected chi connectivity index (χ4v) is 1.48. The first-order chi connectivity index (χ1) is 9.20. The largest absolute Gasteiger partial charge is 2.00 e. The molecule has 0 bridgehead atoms. The summed E-state index contributed by atoms with van der Waals surface area (Å²) in [6, 6.07) is 0. The Labute approximate surface area is 206 Å². The SMILES string of the molecule is O=C(O)CN(CCN(CC(=O)O)CC(=O)O)CC(=O)O.[Ca+2].[Na+].[Na+]. The maximum absolute atomic E-state index is 10.6. The Bertz CT molecular complexity index is 331. The molecule has 0 rings (SSSR count). The van der Waals surface area contributed by atoms with Crippen molar-refractivity contribution >= 4 is 61.6 Å². The quantitative estimate of drug-likeness (QED) is 0.255. The second-order valence-corrected chi connectivity index (χ2v) is 4.00. The van der Waals surface area contributed by atoms with Crippen molar-refractivity contribution in [2.75, 3.05) is 39.3 Å². The second-order valence-electron chi connectivity index (χ2n) is 4.00. The molecule has 0 amide bonds. The van der Waals surface area contributed by atoms with Crippen LogP contribution in [0.25, 0.3) is 0 Å². The Morgan fingerprint density at radius 2 is 0.739 bits per heavy atom. The summed E-state index contributed by atoms with van der Waals surface area (Å²) in [5.41, 5.74) is 0. The maximum atomic E-state index is 10.6. The van der Waals surface area contributed by atoms with E-state index in [4.69, 9.17) is 20.4 Å². The molecule has 13 heteroatoms. The monoisotopic (exact) mass is 378 g/mol. The topological polar surface area (TPSA) is 156 Å². The van der Waals surface area contributed by atoms with Gasteiger partial charge in [-0.05, 0) is 0 Å². The zero-order valence-corrected chi connectivity index (χ0v) is 19.5. The van der Waals surface area contributed by atoms with E-state index in [1.54, 1.807) is 0 Å². The molecule has 0 aliphatic carbocycles. The number of rotatable bonds is 11. The number of hydrogen-bond acceptors (Lipinski definition) is 6. The number of carbonyl (C=O) groups is 4. The fourth-order valence-electron chi connectivity index (χ4n) is 1.48. The van der Waals surface area contributed by atoms with Crippen molar-refractivity contribution in [1.82, 2.24) is 9.80 Å². The van der Waals surface area contributed by atoms with Crippen LogP contribution in [-0.2, 0) is 19.2 Å². The molecule has 0 saturated heterocycles. The summed E-state index contributed by atoms with van der Waals surface area (Å²) in [6.07, 6.45) is 0. The van der Waals surface area contributed by atoms with Crippen LogP contribution in [-0.4, -0.2) is 131 Å². The van der Waals surface area contributed by atoms with Crippen LogP contribution in [0, 0.1) is 0 Å². The standard InChI is InChI=1S/C10H16N2O8.Ca.2Na/c13-7(14)3-11(4-8(15)16)1-2-12(5-9(17)18)6-10(19)20;;;/h1-6H2,(H,13,14)(H,15,16)(H,17,18)(H,19,20);;;/q;+2;2*+1. The van der Waals surface area contributed by atoms with E-state index in [9.17, 15) is 19.2 Å². The Kier molecular flexibility index (Phi) is 24.7. The summed E-state index contributed by atoms with van der Waals surface area (Å²) in [5.74, 6) is -4.91. The molecule has 0 aliphatic heterocycles. The predicted octanol–water partition coefficient (Wildman–Crippen LogP) is -8.44. The van der Waals surface area contributed by atoms with Gasteiger partial charge in [0.15, 0.2) is 0 Å². The minimum atomic E-state index is -1.23. The van der Waals surface area contributed by atoms with Gasteiger partial charge in [-0.15, -0.1) is 0 Å². The van der Waals surface area contributed by atoms with E-state index in [0.29, 0.717) is 0 Å². The molecular formula is C10H16CaN2Na2O8+4. The minimum absolute atomic E-state index is 0. The molecule has 10 nitrogen and oxygen atoms in total. The van der Waals surface area contributed by atoms with Crippen molar-refractivity contribution in [2.45, 2.75) is 0 Å². The molecule has 0 heterocycles. The molecule has 0 aromatic heterocycles. The van der Waals surface area contributed by atoms with Gasteiger partial charge in [0.05, 0.1) is 26.2 Å². The normalized spacial score (nSPS) is 9.30. The second kappa shape index (κ2) is 17.9. The van der Waals surface area contributed by atoms with Gasteiger partial charge < -0.3 is 20.4 Å². The van der Waals surface area contributed by atoms with Gasteiger partial charge in [-0.2, -0.15) is 0 Å². The molecule has 0 fully saturated rings. The molecule has 0 aliphatic rings. The van der Waals surface area contributed by atoms with E-state index in [-0.39, 0.29) is 110 Å². The molecule has 4 N–H and O–H groups in total. The molecular weight excluding hydrogens is 362 g/mol. The first-order valence-corrected chi connectivity index (χ1v) is 5.52. The molecule has 0 saturated carbocycles. The molecule has 23 heavy (non-hydrogen) atoms. The molecule has 0 radical (unpaired) electrons. The van der Waals surface area contributed by atoms with Crippen molar-refractivity contribution in [2.24, 2.45) is 0 Å². The third kappa shape index (κ3) is 21.0. The maximum Gasteiger partial charge on any atom is 2.00 e. The van der Waals surface area contributed by atoms with Gasteiger partial charge in [-0.1, -0.05) is 0 Å². The van der Waals surface area contributed by atoms with Crippen molar-refractivity contribution in [3.8, 4) is 0 Å². The molecule has 0 aromatic carbocycles. The van der Waals surface area contributed by atoms with E-state index >= 15 is 0 Å². The number of aliphatic carboxylic acids is 4. The van der Waals surface area contributed by atoms with Gasteiger partial charge in [0.25, 0.3) is 0 Å². The van der Waals surface area contributed by atoms with E-state index in [1.165, 1.54) is 0 Å². The Morgan fingerprint density at radius 3 is 0.870 bits per heavy atom. The van der Waals surface area contributed by atoms with E-state index in [2.05, 4.69) is 0 Å². The van der Waals surface area contributed by atoms with Gasteiger partial charge in [0.2, 0.25) is 0 Å². The van der Waals surface area contributed by atoms with Crippen LogP contribution in [0.15, 0.2) is 0 Å².